The molecule has 0 aliphatic heterocycles. The topological polar surface area (TPSA) is 96.9 Å². The molecular formula is C20H17N3O2. The Labute approximate surface area is 146 Å². The highest BCUT2D eigenvalue weighted by Gasteiger charge is 2.33. The third-order valence-corrected chi connectivity index (χ3v) is 4.50. The number of benzene rings is 2. The number of nitrogens with zero attached hydrogens (tertiary/aromatic N) is 2. The highest BCUT2D eigenvalue weighted by Crippen LogP contribution is 2.31. The largest absolute Gasteiger partial charge is 0.390 e. The monoisotopic (exact) mass is 331 g/mol. The maximum atomic E-state index is 12.5. The van der Waals surface area contributed by atoms with Crippen molar-refractivity contribution >= 4 is 5.91 Å². The van der Waals surface area contributed by atoms with Gasteiger partial charge in [-0.25, -0.2) is 0 Å². The fourth-order valence-corrected chi connectivity index (χ4v) is 3.15. The molecule has 1 aliphatic rings. The first-order valence-electron chi connectivity index (χ1n) is 8.07. The van der Waals surface area contributed by atoms with Crippen LogP contribution in [-0.4, -0.2) is 17.1 Å². The first-order valence-corrected chi connectivity index (χ1v) is 8.07. The standard InChI is InChI=1S/C20H17N3O2/c21-11-14-7-5-13(6-8-14)9-16(12-22)20(25)23-19-17-4-2-1-3-15(17)10-18(19)24/h1-8,16,18-19,24H,9-10H2,(H,23,25)/t16?,18-,19-/m0/s1. The fourth-order valence-electron chi connectivity index (χ4n) is 3.15. The van der Waals surface area contributed by atoms with Gasteiger partial charge in [0, 0.05) is 6.42 Å². The van der Waals surface area contributed by atoms with Crippen molar-refractivity contribution in [2.24, 2.45) is 5.92 Å². The second kappa shape index (κ2) is 7.17. The van der Waals surface area contributed by atoms with E-state index in [0.717, 1.165) is 16.7 Å². The van der Waals surface area contributed by atoms with Crippen LogP contribution in [0.1, 0.15) is 28.3 Å². The zero-order valence-electron chi connectivity index (χ0n) is 13.5. The second-order valence-electron chi connectivity index (χ2n) is 6.15. The van der Waals surface area contributed by atoms with E-state index in [9.17, 15) is 15.2 Å². The molecule has 1 unspecified atom stereocenters. The van der Waals surface area contributed by atoms with E-state index in [4.69, 9.17) is 5.26 Å². The molecule has 0 radical (unpaired) electrons. The third-order valence-electron chi connectivity index (χ3n) is 4.50. The van der Waals surface area contributed by atoms with Gasteiger partial charge in [0.25, 0.3) is 0 Å². The van der Waals surface area contributed by atoms with Crippen LogP contribution in [0.25, 0.3) is 0 Å². The van der Waals surface area contributed by atoms with Crippen molar-refractivity contribution in [2.45, 2.75) is 25.0 Å². The van der Waals surface area contributed by atoms with E-state index < -0.39 is 24.0 Å². The number of aliphatic hydroxyl groups is 1. The van der Waals surface area contributed by atoms with Crippen LogP contribution in [0.2, 0.25) is 0 Å². The fraction of sp³-hybridized carbons (Fsp3) is 0.250. The number of amides is 1. The van der Waals surface area contributed by atoms with Gasteiger partial charge in [-0.2, -0.15) is 10.5 Å². The van der Waals surface area contributed by atoms with Crippen molar-refractivity contribution in [3.63, 3.8) is 0 Å². The normalized spacial score (nSPS) is 19.3. The molecule has 3 rings (SSSR count). The summed E-state index contributed by atoms with van der Waals surface area (Å²) in [5, 5.41) is 31.2. The minimum Gasteiger partial charge on any atom is -0.390 e. The average Bonchev–Trinajstić information content (AvgIpc) is 2.95. The van der Waals surface area contributed by atoms with Gasteiger partial charge in [-0.3, -0.25) is 4.79 Å². The number of nitrogens with one attached hydrogen (secondary N) is 1. The van der Waals surface area contributed by atoms with E-state index in [1.165, 1.54) is 0 Å². The van der Waals surface area contributed by atoms with Gasteiger partial charge in [0.1, 0.15) is 5.92 Å². The van der Waals surface area contributed by atoms with Crippen molar-refractivity contribution in [1.82, 2.24) is 5.32 Å². The molecule has 2 aromatic carbocycles. The lowest BCUT2D eigenvalue weighted by atomic mass is 9.98. The molecule has 0 saturated heterocycles. The summed E-state index contributed by atoms with van der Waals surface area (Å²) < 4.78 is 0. The van der Waals surface area contributed by atoms with Gasteiger partial charge in [-0.05, 0) is 35.2 Å². The summed E-state index contributed by atoms with van der Waals surface area (Å²) in [6.07, 6.45) is 0.0718. The lowest BCUT2D eigenvalue weighted by Gasteiger charge is -2.20. The minimum absolute atomic E-state index is 0.262. The summed E-state index contributed by atoms with van der Waals surface area (Å²) in [6, 6.07) is 18.0. The van der Waals surface area contributed by atoms with Crippen LogP contribution in [0.4, 0.5) is 0 Å². The molecular weight excluding hydrogens is 314 g/mol. The van der Waals surface area contributed by atoms with Crippen LogP contribution in [0.3, 0.4) is 0 Å². The lowest BCUT2D eigenvalue weighted by molar-refractivity contribution is -0.124. The average molecular weight is 331 g/mol. The quantitative estimate of drug-likeness (QED) is 0.895. The Hall–Kier alpha value is -3.15. The summed E-state index contributed by atoms with van der Waals surface area (Å²) in [4.78, 5) is 12.5. The first-order chi connectivity index (χ1) is 12.1. The molecule has 0 aromatic heterocycles. The predicted molar refractivity (Wildman–Crippen MR) is 91.0 cm³/mol. The van der Waals surface area contributed by atoms with Gasteiger partial charge in [-0.15, -0.1) is 0 Å². The van der Waals surface area contributed by atoms with Crippen molar-refractivity contribution in [2.75, 3.05) is 0 Å². The molecule has 0 spiro atoms. The Morgan fingerprint density at radius 1 is 1.20 bits per heavy atom. The molecule has 5 nitrogen and oxygen atoms in total. The van der Waals surface area contributed by atoms with E-state index >= 15 is 0 Å². The predicted octanol–water partition coefficient (Wildman–Crippen LogP) is 2.02. The SMILES string of the molecule is N#Cc1ccc(CC(C#N)C(=O)N[C@H]2c3ccccc3C[C@@H]2O)cc1. The van der Waals surface area contributed by atoms with E-state index in [0.29, 0.717) is 12.0 Å². The van der Waals surface area contributed by atoms with Crippen molar-refractivity contribution < 1.29 is 9.90 Å². The van der Waals surface area contributed by atoms with Gasteiger partial charge in [0.05, 0.1) is 29.8 Å². The van der Waals surface area contributed by atoms with E-state index in [1.54, 1.807) is 24.3 Å². The van der Waals surface area contributed by atoms with E-state index in [2.05, 4.69) is 5.32 Å². The molecule has 5 heteroatoms. The highest BCUT2D eigenvalue weighted by molar-refractivity contribution is 5.82. The van der Waals surface area contributed by atoms with Crippen LogP contribution in [0.15, 0.2) is 48.5 Å². The smallest absolute Gasteiger partial charge is 0.238 e. The Morgan fingerprint density at radius 3 is 2.60 bits per heavy atom. The van der Waals surface area contributed by atoms with Gasteiger partial charge in [0.15, 0.2) is 0 Å². The van der Waals surface area contributed by atoms with Crippen LogP contribution in [0.5, 0.6) is 0 Å². The highest BCUT2D eigenvalue weighted by atomic mass is 16.3. The van der Waals surface area contributed by atoms with Gasteiger partial charge in [-0.1, -0.05) is 36.4 Å². The minimum atomic E-state index is -0.854. The molecule has 3 atom stereocenters. The number of hydrogen-bond acceptors (Lipinski definition) is 4. The van der Waals surface area contributed by atoms with Crippen LogP contribution >= 0.6 is 0 Å². The molecule has 1 amide bonds. The molecule has 1 aliphatic carbocycles. The van der Waals surface area contributed by atoms with Crippen molar-refractivity contribution in [3.05, 3.63) is 70.8 Å². The Morgan fingerprint density at radius 2 is 1.92 bits per heavy atom. The Kier molecular flexibility index (Phi) is 4.79. The molecule has 0 bridgehead atoms. The zero-order chi connectivity index (χ0) is 17.8. The van der Waals surface area contributed by atoms with Gasteiger partial charge < -0.3 is 10.4 Å². The number of rotatable bonds is 4. The van der Waals surface area contributed by atoms with E-state index in [-0.39, 0.29) is 6.42 Å². The number of fused-ring (bicyclic) bond motifs is 1. The summed E-state index contributed by atoms with van der Waals surface area (Å²) in [7, 11) is 0. The van der Waals surface area contributed by atoms with Gasteiger partial charge >= 0.3 is 0 Å². The summed E-state index contributed by atoms with van der Waals surface area (Å²) in [5.74, 6) is -1.25. The van der Waals surface area contributed by atoms with Crippen LogP contribution < -0.4 is 5.32 Å². The van der Waals surface area contributed by atoms with Crippen molar-refractivity contribution in [1.29, 1.82) is 10.5 Å². The van der Waals surface area contributed by atoms with Gasteiger partial charge in [0.2, 0.25) is 5.91 Å². The molecule has 0 heterocycles. The summed E-state index contributed by atoms with van der Waals surface area (Å²) in [5.41, 5.74) is 3.26. The first kappa shape index (κ1) is 16.7. The molecule has 0 saturated carbocycles. The zero-order valence-corrected chi connectivity index (χ0v) is 13.5. The lowest BCUT2D eigenvalue weighted by Crippen LogP contribution is -2.38. The number of nitriles is 2. The van der Waals surface area contributed by atoms with E-state index in [1.807, 2.05) is 36.4 Å². The number of aliphatic hydroxyl groups excluding tert-OH is 1. The molecule has 25 heavy (non-hydrogen) atoms. The van der Waals surface area contributed by atoms with Crippen LogP contribution in [-0.2, 0) is 17.6 Å². The molecule has 0 fully saturated rings. The summed E-state index contributed by atoms with van der Waals surface area (Å²) in [6.45, 7) is 0. The summed E-state index contributed by atoms with van der Waals surface area (Å²) >= 11 is 0. The Balaban J connectivity index is 1.71. The number of carbonyl (C=O) groups is 1. The van der Waals surface area contributed by atoms with Crippen molar-refractivity contribution in [3.8, 4) is 12.1 Å². The van der Waals surface area contributed by atoms with Crippen LogP contribution in [0, 0.1) is 28.6 Å². The molecule has 2 N–H and O–H groups in total. The molecule has 2 aromatic rings. The third kappa shape index (κ3) is 3.52. The number of carbonyl (C=O) groups excluding carboxylic acids is 1. The molecule has 124 valence electrons. The number of hydrogen-bond donors (Lipinski definition) is 2. The maximum absolute atomic E-state index is 12.5. The Bertz CT molecular complexity index is 862. The second-order valence-corrected chi connectivity index (χ2v) is 6.15. The maximum Gasteiger partial charge on any atom is 0.238 e.